The molecule has 2 aromatic rings. The van der Waals surface area contributed by atoms with Crippen LogP contribution in [0.25, 0.3) is 0 Å². The predicted octanol–water partition coefficient (Wildman–Crippen LogP) is 2.80. The Morgan fingerprint density at radius 2 is 1.93 bits per heavy atom. The molecule has 2 fully saturated rings. The Morgan fingerprint density at radius 3 is 2.67 bits per heavy atom. The standard InChI is InChI=1S/C21H28N4O2/c26-21(18-5-7-19(8-6-18)23-14-16-27-17-15-23)25-12-2-1-4-20(25)9-13-24-11-3-10-22-24/h3,5-8,10-11,20H,1-2,4,9,12-17H2/t20-/m0/s1. The number of carbonyl (C=O) groups excluding carboxylic acids is 1. The molecule has 144 valence electrons. The smallest absolute Gasteiger partial charge is 0.254 e. The fraction of sp³-hybridized carbons (Fsp3) is 0.524. The lowest BCUT2D eigenvalue weighted by molar-refractivity contribution is 0.0594. The Hall–Kier alpha value is -2.34. The minimum absolute atomic E-state index is 0.161. The molecule has 6 nitrogen and oxygen atoms in total. The Morgan fingerprint density at radius 1 is 1.11 bits per heavy atom. The number of benzene rings is 1. The third-order valence-corrected chi connectivity index (χ3v) is 5.63. The molecule has 0 unspecified atom stereocenters. The maximum Gasteiger partial charge on any atom is 0.254 e. The number of likely N-dealkylation sites (tertiary alicyclic amines) is 1. The van der Waals surface area contributed by atoms with Crippen LogP contribution in [0.1, 0.15) is 36.0 Å². The molecule has 2 saturated heterocycles. The van der Waals surface area contributed by atoms with Gasteiger partial charge in [-0.05, 0) is 56.0 Å². The van der Waals surface area contributed by atoms with E-state index in [4.69, 9.17) is 4.74 Å². The van der Waals surface area contributed by atoms with Gasteiger partial charge in [-0.25, -0.2) is 0 Å². The Labute approximate surface area is 160 Å². The number of anilines is 1. The normalized spacial score (nSPS) is 20.7. The van der Waals surface area contributed by atoms with E-state index in [9.17, 15) is 4.79 Å². The van der Waals surface area contributed by atoms with E-state index in [1.807, 2.05) is 29.1 Å². The van der Waals surface area contributed by atoms with Crippen LogP contribution in [0.5, 0.6) is 0 Å². The molecule has 2 aliphatic rings. The number of nitrogens with zero attached hydrogens (tertiary/aromatic N) is 4. The van der Waals surface area contributed by atoms with Crippen LogP contribution in [0.2, 0.25) is 0 Å². The molecule has 4 rings (SSSR count). The minimum Gasteiger partial charge on any atom is -0.378 e. The van der Waals surface area contributed by atoms with Crippen LogP contribution in [0.15, 0.2) is 42.7 Å². The summed E-state index contributed by atoms with van der Waals surface area (Å²) in [5.41, 5.74) is 1.96. The fourth-order valence-corrected chi connectivity index (χ4v) is 4.08. The summed E-state index contributed by atoms with van der Waals surface area (Å²) in [4.78, 5) is 17.5. The molecule has 27 heavy (non-hydrogen) atoms. The molecule has 1 aromatic heterocycles. The van der Waals surface area contributed by atoms with Gasteiger partial charge in [0.05, 0.1) is 13.2 Å². The van der Waals surface area contributed by atoms with Crippen LogP contribution in [-0.2, 0) is 11.3 Å². The van der Waals surface area contributed by atoms with Crippen LogP contribution >= 0.6 is 0 Å². The summed E-state index contributed by atoms with van der Waals surface area (Å²) in [7, 11) is 0. The molecular formula is C21H28N4O2. The Balaban J connectivity index is 1.41. The van der Waals surface area contributed by atoms with Crippen molar-refractivity contribution in [3.05, 3.63) is 48.3 Å². The lowest BCUT2D eigenvalue weighted by Gasteiger charge is -2.36. The number of aromatic nitrogens is 2. The third-order valence-electron chi connectivity index (χ3n) is 5.63. The lowest BCUT2D eigenvalue weighted by Crippen LogP contribution is -2.44. The van der Waals surface area contributed by atoms with Crippen molar-refractivity contribution in [2.45, 2.75) is 38.3 Å². The van der Waals surface area contributed by atoms with Crippen molar-refractivity contribution < 1.29 is 9.53 Å². The van der Waals surface area contributed by atoms with Crippen LogP contribution in [0, 0.1) is 0 Å². The molecule has 6 heteroatoms. The number of hydrogen-bond donors (Lipinski definition) is 0. The van der Waals surface area contributed by atoms with E-state index in [1.165, 1.54) is 12.1 Å². The SMILES string of the molecule is O=C(c1ccc(N2CCOCC2)cc1)N1CCCC[C@H]1CCn1cccn1. The summed E-state index contributed by atoms with van der Waals surface area (Å²) in [5, 5.41) is 4.28. The van der Waals surface area contributed by atoms with Gasteiger partial charge in [0.1, 0.15) is 0 Å². The van der Waals surface area contributed by atoms with Gasteiger partial charge < -0.3 is 14.5 Å². The lowest BCUT2D eigenvalue weighted by atomic mass is 9.98. The number of amides is 1. The molecule has 0 N–H and O–H groups in total. The zero-order valence-corrected chi connectivity index (χ0v) is 15.8. The molecule has 3 heterocycles. The van der Waals surface area contributed by atoms with E-state index >= 15 is 0 Å². The van der Waals surface area contributed by atoms with Crippen molar-refractivity contribution in [3.63, 3.8) is 0 Å². The Kier molecular flexibility index (Phi) is 5.72. The highest BCUT2D eigenvalue weighted by molar-refractivity contribution is 5.94. The zero-order chi connectivity index (χ0) is 18.5. The summed E-state index contributed by atoms with van der Waals surface area (Å²) in [6, 6.07) is 10.3. The number of carbonyl (C=O) groups is 1. The van der Waals surface area contributed by atoms with Gasteiger partial charge in [0.25, 0.3) is 5.91 Å². The van der Waals surface area contributed by atoms with Gasteiger partial charge >= 0.3 is 0 Å². The van der Waals surface area contributed by atoms with Gasteiger partial charge in [-0.3, -0.25) is 9.48 Å². The van der Waals surface area contributed by atoms with E-state index in [2.05, 4.69) is 27.0 Å². The topological polar surface area (TPSA) is 50.6 Å². The minimum atomic E-state index is 0.161. The zero-order valence-electron chi connectivity index (χ0n) is 15.8. The third kappa shape index (κ3) is 4.33. The molecule has 0 spiro atoms. The molecule has 1 amide bonds. The summed E-state index contributed by atoms with van der Waals surface area (Å²) in [6.45, 7) is 5.08. The van der Waals surface area contributed by atoms with Crippen molar-refractivity contribution in [2.75, 3.05) is 37.7 Å². The molecule has 0 saturated carbocycles. The van der Waals surface area contributed by atoms with E-state index < -0.39 is 0 Å². The van der Waals surface area contributed by atoms with Gasteiger partial charge in [0.15, 0.2) is 0 Å². The summed E-state index contributed by atoms with van der Waals surface area (Å²) in [6.07, 6.45) is 8.12. The fourth-order valence-electron chi connectivity index (χ4n) is 4.08. The largest absolute Gasteiger partial charge is 0.378 e. The first-order valence-corrected chi connectivity index (χ1v) is 10.0. The quantitative estimate of drug-likeness (QED) is 0.814. The number of morpholine rings is 1. The number of aryl methyl sites for hydroxylation is 1. The monoisotopic (exact) mass is 368 g/mol. The average Bonchev–Trinajstić information content (AvgIpc) is 3.26. The van der Waals surface area contributed by atoms with E-state index in [0.717, 1.165) is 64.2 Å². The molecule has 2 aliphatic heterocycles. The molecule has 1 aromatic carbocycles. The van der Waals surface area contributed by atoms with Crippen molar-refractivity contribution in [3.8, 4) is 0 Å². The first-order valence-electron chi connectivity index (χ1n) is 10.0. The van der Waals surface area contributed by atoms with Crippen molar-refractivity contribution in [1.29, 1.82) is 0 Å². The average molecular weight is 368 g/mol. The highest BCUT2D eigenvalue weighted by Crippen LogP contribution is 2.24. The summed E-state index contributed by atoms with van der Waals surface area (Å²) >= 11 is 0. The van der Waals surface area contributed by atoms with Crippen molar-refractivity contribution in [1.82, 2.24) is 14.7 Å². The van der Waals surface area contributed by atoms with Gasteiger partial charge in [-0.2, -0.15) is 5.10 Å². The molecule has 1 atom stereocenters. The van der Waals surface area contributed by atoms with Crippen molar-refractivity contribution in [2.24, 2.45) is 0 Å². The van der Waals surface area contributed by atoms with Crippen LogP contribution in [0.4, 0.5) is 5.69 Å². The maximum absolute atomic E-state index is 13.1. The van der Waals surface area contributed by atoms with Crippen LogP contribution in [-0.4, -0.2) is 59.5 Å². The molecular weight excluding hydrogens is 340 g/mol. The van der Waals surface area contributed by atoms with E-state index in [-0.39, 0.29) is 5.91 Å². The first kappa shape index (κ1) is 18.0. The molecule has 0 aliphatic carbocycles. The van der Waals surface area contributed by atoms with Crippen molar-refractivity contribution >= 4 is 11.6 Å². The number of piperidine rings is 1. The number of ether oxygens (including phenoxy) is 1. The van der Waals surface area contributed by atoms with Gasteiger partial charge in [-0.15, -0.1) is 0 Å². The van der Waals surface area contributed by atoms with Gasteiger partial charge in [-0.1, -0.05) is 0 Å². The number of hydrogen-bond acceptors (Lipinski definition) is 4. The van der Waals surface area contributed by atoms with Crippen LogP contribution in [0.3, 0.4) is 0 Å². The first-order chi connectivity index (χ1) is 13.3. The Bertz CT molecular complexity index is 723. The maximum atomic E-state index is 13.1. The predicted molar refractivity (Wildman–Crippen MR) is 105 cm³/mol. The number of rotatable bonds is 5. The highest BCUT2D eigenvalue weighted by atomic mass is 16.5. The summed E-state index contributed by atoms with van der Waals surface area (Å²) < 4.78 is 7.37. The molecule has 0 bridgehead atoms. The summed E-state index contributed by atoms with van der Waals surface area (Å²) in [5.74, 6) is 0.161. The van der Waals surface area contributed by atoms with E-state index in [1.54, 1.807) is 6.20 Å². The van der Waals surface area contributed by atoms with Gasteiger partial charge in [0.2, 0.25) is 0 Å². The second kappa shape index (κ2) is 8.57. The molecule has 0 radical (unpaired) electrons. The highest BCUT2D eigenvalue weighted by Gasteiger charge is 2.27. The van der Waals surface area contributed by atoms with E-state index in [0.29, 0.717) is 6.04 Å². The van der Waals surface area contributed by atoms with Gasteiger partial charge in [0, 0.05) is 55.9 Å². The van der Waals surface area contributed by atoms with Crippen LogP contribution < -0.4 is 4.90 Å². The second-order valence-corrected chi connectivity index (χ2v) is 7.35. The second-order valence-electron chi connectivity index (χ2n) is 7.35.